The Balaban J connectivity index is 1.81. The zero-order chi connectivity index (χ0) is 13.0. The minimum Gasteiger partial charge on any atom is -0.468 e. The summed E-state index contributed by atoms with van der Waals surface area (Å²) in [5, 5.41) is 4.12. The fourth-order valence-electron chi connectivity index (χ4n) is 1.86. The highest BCUT2D eigenvalue weighted by Crippen LogP contribution is 2.24. The van der Waals surface area contributed by atoms with Crippen molar-refractivity contribution in [2.45, 2.75) is 11.7 Å². The zero-order valence-electron chi connectivity index (χ0n) is 10.1. The first kappa shape index (κ1) is 13.4. The van der Waals surface area contributed by atoms with E-state index in [1.54, 1.807) is 11.8 Å². The predicted octanol–water partition coefficient (Wildman–Crippen LogP) is 1.87. The van der Waals surface area contributed by atoms with Gasteiger partial charge in [-0.2, -0.15) is 11.3 Å². The van der Waals surface area contributed by atoms with Crippen LogP contribution in [-0.4, -0.2) is 48.0 Å². The molecular weight excluding hydrogens is 270 g/mol. The van der Waals surface area contributed by atoms with E-state index in [4.69, 9.17) is 0 Å². The number of carbonyl (C=O) groups excluding carboxylic acids is 2. The maximum absolute atomic E-state index is 12.1. The summed E-state index contributed by atoms with van der Waals surface area (Å²) in [7, 11) is 1.39. The van der Waals surface area contributed by atoms with Crippen molar-refractivity contribution in [1.82, 2.24) is 4.90 Å². The van der Waals surface area contributed by atoms with Gasteiger partial charge in [-0.3, -0.25) is 9.59 Å². The molecule has 1 aromatic heterocycles. The van der Waals surface area contributed by atoms with Crippen LogP contribution in [0, 0.1) is 0 Å². The van der Waals surface area contributed by atoms with E-state index in [0.29, 0.717) is 11.0 Å². The molecule has 0 N–H and O–H groups in total. The number of ether oxygens (including phenoxy) is 1. The standard InChI is InChI=1S/C12H15NO3S2/c1-16-11(14)8-18-10-2-4-13(6-10)12(15)9-3-5-17-7-9/h3,5,7,10H,2,4,6,8H2,1H3. The molecule has 98 valence electrons. The maximum Gasteiger partial charge on any atom is 0.315 e. The van der Waals surface area contributed by atoms with Gasteiger partial charge in [0.25, 0.3) is 5.91 Å². The lowest BCUT2D eigenvalue weighted by Gasteiger charge is -2.15. The van der Waals surface area contributed by atoms with Crippen molar-refractivity contribution in [1.29, 1.82) is 0 Å². The molecule has 0 saturated carbocycles. The molecule has 0 bridgehead atoms. The van der Waals surface area contributed by atoms with E-state index in [2.05, 4.69) is 4.74 Å². The van der Waals surface area contributed by atoms with Crippen LogP contribution in [0.2, 0.25) is 0 Å². The van der Waals surface area contributed by atoms with Crippen LogP contribution in [0.4, 0.5) is 0 Å². The number of esters is 1. The lowest BCUT2D eigenvalue weighted by Crippen LogP contribution is -2.28. The second kappa shape index (κ2) is 6.24. The van der Waals surface area contributed by atoms with Crippen molar-refractivity contribution in [3.05, 3.63) is 22.4 Å². The number of thiophene rings is 1. The van der Waals surface area contributed by atoms with Crippen LogP contribution >= 0.6 is 23.1 Å². The molecule has 1 amide bonds. The van der Waals surface area contributed by atoms with E-state index in [9.17, 15) is 9.59 Å². The number of likely N-dealkylation sites (tertiary alicyclic amines) is 1. The summed E-state index contributed by atoms with van der Waals surface area (Å²) in [4.78, 5) is 25.0. The van der Waals surface area contributed by atoms with Gasteiger partial charge in [0.1, 0.15) is 0 Å². The molecule has 0 aromatic carbocycles. The Hall–Kier alpha value is -1.01. The van der Waals surface area contributed by atoms with Crippen molar-refractivity contribution >= 4 is 35.0 Å². The molecule has 1 aliphatic heterocycles. The van der Waals surface area contributed by atoms with E-state index in [1.165, 1.54) is 18.4 Å². The Labute approximate surface area is 114 Å². The normalized spacial score (nSPS) is 18.9. The first-order valence-corrected chi connectivity index (χ1v) is 7.69. The average molecular weight is 285 g/mol. The van der Waals surface area contributed by atoms with E-state index >= 15 is 0 Å². The first-order valence-electron chi connectivity index (χ1n) is 5.70. The van der Waals surface area contributed by atoms with Gasteiger partial charge in [-0.05, 0) is 17.9 Å². The van der Waals surface area contributed by atoms with Gasteiger partial charge in [0.15, 0.2) is 0 Å². The number of hydrogen-bond donors (Lipinski definition) is 0. The minimum atomic E-state index is -0.206. The van der Waals surface area contributed by atoms with Crippen molar-refractivity contribution < 1.29 is 14.3 Å². The Kier molecular flexibility index (Phi) is 4.66. The van der Waals surface area contributed by atoms with Crippen LogP contribution in [0.3, 0.4) is 0 Å². The third-order valence-corrected chi connectivity index (χ3v) is 4.81. The number of methoxy groups -OCH3 is 1. The summed E-state index contributed by atoms with van der Waals surface area (Å²) >= 11 is 3.10. The second-order valence-corrected chi connectivity index (χ2v) is 6.13. The maximum atomic E-state index is 12.1. The van der Waals surface area contributed by atoms with Gasteiger partial charge in [-0.1, -0.05) is 0 Å². The highest BCUT2D eigenvalue weighted by atomic mass is 32.2. The fraction of sp³-hybridized carbons (Fsp3) is 0.500. The summed E-state index contributed by atoms with van der Waals surface area (Å²) in [6, 6.07) is 1.85. The SMILES string of the molecule is COC(=O)CSC1CCN(C(=O)c2ccsc2)C1. The first-order chi connectivity index (χ1) is 8.70. The van der Waals surface area contributed by atoms with Crippen molar-refractivity contribution in [2.24, 2.45) is 0 Å². The minimum absolute atomic E-state index is 0.0948. The molecule has 2 rings (SSSR count). The third-order valence-electron chi connectivity index (χ3n) is 2.86. The number of amides is 1. The van der Waals surface area contributed by atoms with Gasteiger partial charge in [0, 0.05) is 23.7 Å². The Morgan fingerprint density at radius 2 is 2.44 bits per heavy atom. The summed E-state index contributed by atoms with van der Waals surface area (Å²) < 4.78 is 4.60. The van der Waals surface area contributed by atoms with E-state index in [0.717, 1.165) is 25.1 Å². The van der Waals surface area contributed by atoms with Crippen LogP contribution in [-0.2, 0) is 9.53 Å². The molecule has 1 saturated heterocycles. The predicted molar refractivity (Wildman–Crippen MR) is 73.1 cm³/mol. The number of nitrogens with zero attached hydrogens (tertiary/aromatic N) is 1. The van der Waals surface area contributed by atoms with E-state index in [-0.39, 0.29) is 11.9 Å². The van der Waals surface area contributed by atoms with Crippen molar-refractivity contribution in [3.63, 3.8) is 0 Å². The summed E-state index contributed by atoms with van der Waals surface area (Å²) in [5.41, 5.74) is 0.763. The molecule has 1 aromatic rings. The van der Waals surface area contributed by atoms with Gasteiger partial charge in [0.2, 0.25) is 0 Å². The molecule has 1 unspecified atom stereocenters. The monoisotopic (exact) mass is 285 g/mol. The molecule has 1 atom stereocenters. The highest BCUT2D eigenvalue weighted by molar-refractivity contribution is 8.00. The number of hydrogen-bond acceptors (Lipinski definition) is 5. The molecule has 6 heteroatoms. The molecule has 0 aliphatic carbocycles. The summed E-state index contributed by atoms with van der Waals surface area (Å²) in [5.74, 6) is 0.252. The van der Waals surface area contributed by atoms with Crippen LogP contribution in [0.1, 0.15) is 16.8 Å². The van der Waals surface area contributed by atoms with Crippen LogP contribution in [0.25, 0.3) is 0 Å². The van der Waals surface area contributed by atoms with Gasteiger partial charge >= 0.3 is 5.97 Å². The van der Waals surface area contributed by atoms with Crippen molar-refractivity contribution in [2.75, 3.05) is 26.0 Å². The average Bonchev–Trinajstić information content (AvgIpc) is 3.05. The van der Waals surface area contributed by atoms with Gasteiger partial charge in [0.05, 0.1) is 18.4 Å². The van der Waals surface area contributed by atoms with E-state index < -0.39 is 0 Å². The van der Waals surface area contributed by atoms with Crippen LogP contribution < -0.4 is 0 Å². The van der Waals surface area contributed by atoms with Gasteiger partial charge < -0.3 is 9.64 Å². The van der Waals surface area contributed by atoms with Gasteiger partial charge in [-0.25, -0.2) is 0 Å². The van der Waals surface area contributed by atoms with Crippen LogP contribution in [0.5, 0.6) is 0 Å². The molecule has 18 heavy (non-hydrogen) atoms. The molecule has 2 heterocycles. The Morgan fingerprint density at radius 1 is 1.61 bits per heavy atom. The van der Waals surface area contributed by atoms with E-state index in [1.807, 2.05) is 21.7 Å². The largest absolute Gasteiger partial charge is 0.468 e. The molecular formula is C12H15NO3S2. The Bertz CT molecular complexity index is 419. The second-order valence-electron chi connectivity index (χ2n) is 4.06. The summed E-state index contributed by atoms with van der Waals surface area (Å²) in [6.07, 6.45) is 0.942. The lowest BCUT2D eigenvalue weighted by molar-refractivity contribution is -0.137. The molecule has 0 spiro atoms. The Morgan fingerprint density at radius 3 is 3.11 bits per heavy atom. The number of carbonyl (C=O) groups is 2. The highest BCUT2D eigenvalue weighted by Gasteiger charge is 2.27. The molecule has 1 aliphatic rings. The van der Waals surface area contributed by atoms with Gasteiger partial charge in [-0.15, -0.1) is 11.8 Å². The number of rotatable bonds is 4. The fourth-order valence-corrected chi connectivity index (χ4v) is 3.54. The molecule has 0 radical (unpaired) electrons. The van der Waals surface area contributed by atoms with Crippen molar-refractivity contribution in [3.8, 4) is 0 Å². The summed E-state index contributed by atoms with van der Waals surface area (Å²) in [6.45, 7) is 1.49. The topological polar surface area (TPSA) is 46.6 Å². The molecule has 4 nitrogen and oxygen atoms in total. The third kappa shape index (κ3) is 3.26. The van der Waals surface area contributed by atoms with Crippen LogP contribution in [0.15, 0.2) is 16.8 Å². The molecule has 1 fully saturated rings. The smallest absolute Gasteiger partial charge is 0.315 e. The quantitative estimate of drug-likeness (QED) is 0.792. The lowest BCUT2D eigenvalue weighted by atomic mass is 10.3. The zero-order valence-corrected chi connectivity index (χ0v) is 11.8. The number of thioether (sulfide) groups is 1.